The quantitative estimate of drug-likeness (QED) is 0.494. The minimum absolute atomic E-state index is 0.0500. The molecule has 0 aliphatic carbocycles. The fourth-order valence-electron chi connectivity index (χ4n) is 3.37. The van der Waals surface area contributed by atoms with E-state index in [2.05, 4.69) is 12.1 Å². The molecule has 6 nitrogen and oxygen atoms in total. The van der Waals surface area contributed by atoms with Crippen LogP contribution < -0.4 is 11.2 Å². The number of amides is 2. The van der Waals surface area contributed by atoms with Crippen molar-refractivity contribution in [1.82, 2.24) is 10.4 Å². The molecule has 1 aliphatic rings. The fraction of sp³-hybridized carbons (Fsp3) is 0.579. The minimum atomic E-state index is -0.440. The summed E-state index contributed by atoms with van der Waals surface area (Å²) in [5.41, 5.74) is 8.96. The Morgan fingerprint density at radius 2 is 1.92 bits per heavy atom. The summed E-state index contributed by atoms with van der Waals surface area (Å²) in [5.74, 6) is 0.252. The van der Waals surface area contributed by atoms with E-state index in [1.165, 1.54) is 5.56 Å². The summed E-state index contributed by atoms with van der Waals surface area (Å²) in [6, 6.07) is 9.65. The maximum absolute atomic E-state index is 12.5. The van der Waals surface area contributed by atoms with Crippen molar-refractivity contribution in [2.45, 2.75) is 51.0 Å². The van der Waals surface area contributed by atoms with Crippen LogP contribution in [0.5, 0.6) is 0 Å². The van der Waals surface area contributed by atoms with Gasteiger partial charge in [0.1, 0.15) is 0 Å². The van der Waals surface area contributed by atoms with Crippen molar-refractivity contribution in [3.63, 3.8) is 0 Å². The number of piperidine rings is 1. The Hall–Kier alpha value is -1.92. The number of nitrogens with zero attached hydrogens (tertiary/aromatic N) is 1. The van der Waals surface area contributed by atoms with E-state index in [4.69, 9.17) is 10.9 Å². The summed E-state index contributed by atoms with van der Waals surface area (Å²) in [4.78, 5) is 25.4. The molecule has 0 aromatic heterocycles. The first-order chi connectivity index (χ1) is 12.1. The summed E-state index contributed by atoms with van der Waals surface area (Å²) in [6.45, 7) is 1.49. The maximum atomic E-state index is 12.5. The summed E-state index contributed by atoms with van der Waals surface area (Å²) < 4.78 is 0. The highest BCUT2D eigenvalue weighted by molar-refractivity contribution is 5.81. The van der Waals surface area contributed by atoms with Gasteiger partial charge >= 0.3 is 0 Å². The van der Waals surface area contributed by atoms with E-state index in [-0.39, 0.29) is 11.8 Å². The number of hydrogen-bond acceptors (Lipinski definition) is 4. The van der Waals surface area contributed by atoms with E-state index >= 15 is 0 Å². The zero-order valence-electron chi connectivity index (χ0n) is 14.7. The lowest BCUT2D eigenvalue weighted by molar-refractivity contribution is -0.134. The lowest BCUT2D eigenvalue weighted by Crippen LogP contribution is -2.47. The Labute approximate surface area is 149 Å². The van der Waals surface area contributed by atoms with Gasteiger partial charge in [0.25, 0.3) is 0 Å². The molecule has 0 radical (unpaired) electrons. The lowest BCUT2D eigenvalue weighted by atomic mass is 9.91. The van der Waals surface area contributed by atoms with Gasteiger partial charge in [-0.25, -0.2) is 5.48 Å². The van der Waals surface area contributed by atoms with Gasteiger partial charge < -0.3 is 10.6 Å². The number of likely N-dealkylation sites (tertiary alicyclic amines) is 1. The van der Waals surface area contributed by atoms with Crippen molar-refractivity contribution >= 4 is 11.8 Å². The van der Waals surface area contributed by atoms with Crippen LogP contribution in [0.1, 0.15) is 44.1 Å². The molecule has 2 rings (SSSR count). The smallest absolute Gasteiger partial charge is 0.243 e. The molecule has 138 valence electrons. The highest BCUT2D eigenvalue weighted by Gasteiger charge is 2.26. The molecule has 25 heavy (non-hydrogen) atoms. The predicted octanol–water partition coefficient (Wildman–Crippen LogP) is 1.86. The summed E-state index contributed by atoms with van der Waals surface area (Å²) in [5, 5.41) is 8.48. The van der Waals surface area contributed by atoms with Crippen LogP contribution in [0.4, 0.5) is 0 Å². The molecule has 1 aromatic rings. The first kappa shape index (κ1) is 19.4. The fourth-order valence-corrected chi connectivity index (χ4v) is 3.37. The molecule has 1 atom stereocenters. The molecule has 1 heterocycles. The summed E-state index contributed by atoms with van der Waals surface area (Å²) >= 11 is 0. The number of rotatable bonds is 8. The number of nitrogens with one attached hydrogen (secondary N) is 1. The van der Waals surface area contributed by atoms with Gasteiger partial charge in [0, 0.05) is 19.5 Å². The summed E-state index contributed by atoms with van der Waals surface area (Å²) in [7, 11) is 0. The molecular weight excluding hydrogens is 318 g/mol. The van der Waals surface area contributed by atoms with E-state index in [1.54, 1.807) is 5.48 Å². The second kappa shape index (κ2) is 10.2. The van der Waals surface area contributed by atoms with Crippen molar-refractivity contribution in [3.8, 4) is 0 Å². The predicted molar refractivity (Wildman–Crippen MR) is 95.8 cm³/mol. The van der Waals surface area contributed by atoms with Gasteiger partial charge in [-0.15, -0.1) is 0 Å². The zero-order valence-corrected chi connectivity index (χ0v) is 14.7. The standard InChI is InChI=1S/C19H29N3O3/c20-17(10-9-15-5-2-1-3-6-15)19(24)22-13-11-16(12-14-22)7-4-8-18(23)21-25/h1-3,5-6,16-17,25H,4,7-14,20H2,(H,21,23). The van der Waals surface area contributed by atoms with Crippen LogP contribution in [0.2, 0.25) is 0 Å². The average molecular weight is 347 g/mol. The van der Waals surface area contributed by atoms with Crippen LogP contribution in [0.15, 0.2) is 30.3 Å². The second-order valence-corrected chi connectivity index (χ2v) is 6.83. The van der Waals surface area contributed by atoms with Crippen molar-refractivity contribution in [2.75, 3.05) is 13.1 Å². The maximum Gasteiger partial charge on any atom is 0.243 e. The topological polar surface area (TPSA) is 95.7 Å². The average Bonchev–Trinajstić information content (AvgIpc) is 2.66. The molecule has 0 bridgehead atoms. The molecule has 4 N–H and O–H groups in total. The monoisotopic (exact) mass is 347 g/mol. The molecule has 1 aliphatic heterocycles. The molecule has 1 aromatic carbocycles. The van der Waals surface area contributed by atoms with Crippen LogP contribution >= 0.6 is 0 Å². The van der Waals surface area contributed by atoms with Gasteiger partial charge in [-0.05, 0) is 50.0 Å². The van der Waals surface area contributed by atoms with Gasteiger partial charge in [0.05, 0.1) is 6.04 Å². The highest BCUT2D eigenvalue weighted by atomic mass is 16.5. The van der Waals surface area contributed by atoms with Crippen molar-refractivity contribution in [2.24, 2.45) is 11.7 Å². The molecule has 1 saturated heterocycles. The number of carbonyl (C=O) groups is 2. The van der Waals surface area contributed by atoms with Crippen LogP contribution in [0.3, 0.4) is 0 Å². The van der Waals surface area contributed by atoms with Crippen LogP contribution in [-0.2, 0) is 16.0 Å². The van der Waals surface area contributed by atoms with Crippen molar-refractivity contribution < 1.29 is 14.8 Å². The van der Waals surface area contributed by atoms with Gasteiger partial charge in [-0.1, -0.05) is 30.3 Å². The molecular formula is C19H29N3O3. The van der Waals surface area contributed by atoms with Crippen LogP contribution in [-0.4, -0.2) is 41.1 Å². The highest BCUT2D eigenvalue weighted by Crippen LogP contribution is 2.23. The molecule has 6 heteroatoms. The number of hydroxylamine groups is 1. The Kier molecular flexibility index (Phi) is 7.88. The van der Waals surface area contributed by atoms with E-state index in [0.717, 1.165) is 45.2 Å². The van der Waals surface area contributed by atoms with Crippen molar-refractivity contribution in [1.29, 1.82) is 0 Å². The van der Waals surface area contributed by atoms with Crippen LogP contribution in [0.25, 0.3) is 0 Å². The van der Waals surface area contributed by atoms with Gasteiger partial charge in [-0.3, -0.25) is 14.8 Å². The first-order valence-electron chi connectivity index (χ1n) is 9.11. The number of aryl methyl sites for hydroxylation is 1. The lowest BCUT2D eigenvalue weighted by Gasteiger charge is -2.33. The second-order valence-electron chi connectivity index (χ2n) is 6.83. The third-order valence-corrected chi connectivity index (χ3v) is 4.97. The molecule has 2 amide bonds. The molecule has 1 unspecified atom stereocenters. The van der Waals surface area contributed by atoms with Gasteiger partial charge in [0.15, 0.2) is 0 Å². The Balaban J connectivity index is 1.67. The van der Waals surface area contributed by atoms with Gasteiger partial charge in [-0.2, -0.15) is 0 Å². The SMILES string of the molecule is NC(CCc1ccccc1)C(=O)N1CCC(CCCC(=O)NO)CC1. The van der Waals surface area contributed by atoms with E-state index in [9.17, 15) is 9.59 Å². The summed E-state index contributed by atoms with van der Waals surface area (Å²) in [6.07, 6.45) is 5.46. The number of carbonyl (C=O) groups excluding carboxylic acids is 2. The van der Waals surface area contributed by atoms with Crippen LogP contribution in [0, 0.1) is 5.92 Å². The van der Waals surface area contributed by atoms with Gasteiger partial charge in [0.2, 0.25) is 11.8 Å². The molecule has 0 saturated carbocycles. The third kappa shape index (κ3) is 6.48. The number of hydrogen-bond donors (Lipinski definition) is 3. The van der Waals surface area contributed by atoms with E-state index in [0.29, 0.717) is 18.8 Å². The zero-order chi connectivity index (χ0) is 18.1. The molecule has 1 fully saturated rings. The molecule has 0 spiro atoms. The Morgan fingerprint density at radius 1 is 1.24 bits per heavy atom. The van der Waals surface area contributed by atoms with E-state index < -0.39 is 6.04 Å². The largest absolute Gasteiger partial charge is 0.341 e. The normalized spacial score (nSPS) is 16.5. The number of nitrogens with two attached hydrogens (primary N) is 1. The Morgan fingerprint density at radius 3 is 2.56 bits per heavy atom. The number of benzene rings is 1. The third-order valence-electron chi connectivity index (χ3n) is 4.97. The van der Waals surface area contributed by atoms with E-state index in [1.807, 2.05) is 23.1 Å². The first-order valence-corrected chi connectivity index (χ1v) is 9.11. The van der Waals surface area contributed by atoms with Crippen molar-refractivity contribution in [3.05, 3.63) is 35.9 Å². The minimum Gasteiger partial charge on any atom is -0.341 e. The Bertz CT molecular complexity index is 542.